The number of hydrogen-bond acceptors (Lipinski definition) is 5. The third-order valence-corrected chi connectivity index (χ3v) is 10.9. The number of morpholine rings is 1. The Labute approximate surface area is 197 Å². The lowest BCUT2D eigenvalue weighted by atomic mass is 9.45. The van der Waals surface area contributed by atoms with Gasteiger partial charge in [-0.05, 0) is 86.2 Å². The maximum absolute atomic E-state index is 12.4. The predicted octanol–water partition coefficient (Wildman–Crippen LogP) is 4.50. The second-order valence-electron chi connectivity index (χ2n) is 12.0. The zero-order valence-corrected chi connectivity index (χ0v) is 20.2. The molecule has 5 aliphatic rings. The van der Waals surface area contributed by atoms with Crippen LogP contribution < -0.4 is 5.63 Å². The van der Waals surface area contributed by atoms with Gasteiger partial charge in [0, 0.05) is 30.6 Å². The molecule has 0 bridgehead atoms. The number of nitrogens with zero attached hydrogens (tertiary/aromatic N) is 1. The lowest BCUT2D eigenvalue weighted by Gasteiger charge is -2.62. The molecule has 2 heterocycles. The van der Waals surface area contributed by atoms with E-state index in [1.165, 1.54) is 25.3 Å². The maximum atomic E-state index is 12.4. The Morgan fingerprint density at radius 2 is 1.82 bits per heavy atom. The maximum Gasteiger partial charge on any atom is 0.335 e. The molecule has 1 unspecified atom stereocenters. The minimum absolute atomic E-state index is 0.156. The van der Waals surface area contributed by atoms with Crippen molar-refractivity contribution in [2.24, 2.45) is 22.7 Å². The molecule has 180 valence electrons. The summed E-state index contributed by atoms with van der Waals surface area (Å²) in [5.74, 6) is 1.18. The Bertz CT molecular complexity index is 975. The molecule has 0 aromatic carbocycles. The summed E-state index contributed by atoms with van der Waals surface area (Å²) in [6.45, 7) is 8.65. The number of aliphatic hydroxyl groups is 1. The summed E-state index contributed by atoms with van der Waals surface area (Å²) in [6, 6.07) is 4.03. The molecular weight excluding hydrogens is 414 g/mol. The molecule has 0 amide bonds. The first-order valence-corrected chi connectivity index (χ1v) is 13.2. The van der Waals surface area contributed by atoms with Crippen LogP contribution in [0, 0.1) is 22.7 Å². The van der Waals surface area contributed by atoms with Gasteiger partial charge >= 0.3 is 5.63 Å². The number of rotatable bonds is 2. The average molecular weight is 454 g/mol. The van der Waals surface area contributed by atoms with Gasteiger partial charge in [0.15, 0.2) is 0 Å². The summed E-state index contributed by atoms with van der Waals surface area (Å²) in [5.41, 5.74) is 1.88. The topological polar surface area (TPSA) is 62.9 Å². The van der Waals surface area contributed by atoms with Gasteiger partial charge in [-0.15, -0.1) is 0 Å². The zero-order chi connectivity index (χ0) is 22.8. The third-order valence-electron chi connectivity index (χ3n) is 10.9. The van der Waals surface area contributed by atoms with Crippen LogP contribution in [0.5, 0.6) is 0 Å². The van der Waals surface area contributed by atoms with Crippen LogP contribution in [-0.2, 0) is 4.74 Å². The third kappa shape index (κ3) is 3.18. The highest BCUT2D eigenvalue weighted by Gasteiger charge is 2.66. The first-order valence-electron chi connectivity index (χ1n) is 13.2. The van der Waals surface area contributed by atoms with Crippen LogP contribution in [0.1, 0.15) is 76.7 Å². The van der Waals surface area contributed by atoms with E-state index in [1.54, 1.807) is 11.8 Å². The molecule has 4 fully saturated rings. The van der Waals surface area contributed by atoms with E-state index in [9.17, 15) is 9.90 Å². The average Bonchev–Trinajstić information content (AvgIpc) is 3.11. The normalized spacial score (nSPS) is 45.6. The summed E-state index contributed by atoms with van der Waals surface area (Å²) in [7, 11) is 0. The molecule has 5 nitrogen and oxygen atoms in total. The fourth-order valence-electron chi connectivity index (χ4n) is 8.98. The van der Waals surface area contributed by atoms with Crippen molar-refractivity contribution >= 4 is 0 Å². The van der Waals surface area contributed by atoms with Crippen molar-refractivity contribution in [1.29, 1.82) is 0 Å². The first-order chi connectivity index (χ1) is 15.8. The van der Waals surface area contributed by atoms with Crippen LogP contribution in [0.15, 0.2) is 39.3 Å². The lowest BCUT2D eigenvalue weighted by molar-refractivity contribution is -0.178. The van der Waals surface area contributed by atoms with E-state index in [4.69, 9.17) is 9.15 Å². The van der Waals surface area contributed by atoms with E-state index < -0.39 is 5.60 Å². The van der Waals surface area contributed by atoms with Crippen molar-refractivity contribution in [1.82, 2.24) is 4.90 Å². The van der Waals surface area contributed by atoms with Crippen molar-refractivity contribution in [2.45, 2.75) is 82.8 Å². The molecule has 0 radical (unpaired) electrons. The van der Waals surface area contributed by atoms with Gasteiger partial charge in [-0.3, -0.25) is 4.90 Å². The molecule has 0 spiro atoms. The molecule has 1 saturated heterocycles. The molecule has 1 aromatic heterocycles. The van der Waals surface area contributed by atoms with Crippen molar-refractivity contribution < 1.29 is 14.3 Å². The largest absolute Gasteiger partial charge is 0.431 e. The molecule has 7 atom stereocenters. The zero-order valence-electron chi connectivity index (χ0n) is 20.2. The number of ether oxygens (including phenoxy) is 1. The second kappa shape index (κ2) is 7.79. The van der Waals surface area contributed by atoms with Crippen LogP contribution in [0.25, 0.3) is 0 Å². The predicted molar refractivity (Wildman–Crippen MR) is 127 cm³/mol. The van der Waals surface area contributed by atoms with Crippen LogP contribution in [0.4, 0.5) is 0 Å². The summed E-state index contributed by atoms with van der Waals surface area (Å²) in [6.07, 6.45) is 13.0. The minimum Gasteiger partial charge on any atom is -0.431 e. The van der Waals surface area contributed by atoms with Crippen LogP contribution in [-0.4, -0.2) is 48.0 Å². The smallest absolute Gasteiger partial charge is 0.335 e. The minimum atomic E-state index is -0.633. The van der Waals surface area contributed by atoms with Gasteiger partial charge in [0.2, 0.25) is 0 Å². The highest BCUT2D eigenvalue weighted by Crippen LogP contribution is 2.70. The molecule has 6 rings (SSSR count). The van der Waals surface area contributed by atoms with Gasteiger partial charge in [0.1, 0.15) is 0 Å². The second-order valence-corrected chi connectivity index (χ2v) is 12.0. The van der Waals surface area contributed by atoms with E-state index in [0.717, 1.165) is 64.0 Å². The van der Waals surface area contributed by atoms with Crippen LogP contribution in [0.2, 0.25) is 0 Å². The molecule has 5 heteroatoms. The Hall–Kier alpha value is -1.43. The summed E-state index contributed by atoms with van der Waals surface area (Å²) >= 11 is 0. The molecular formula is C28H39NO4. The van der Waals surface area contributed by atoms with Gasteiger partial charge in [-0.25, -0.2) is 4.79 Å². The number of hydrogen-bond donors (Lipinski definition) is 1. The van der Waals surface area contributed by atoms with Gasteiger partial charge in [0.25, 0.3) is 0 Å². The molecule has 1 aliphatic heterocycles. The van der Waals surface area contributed by atoms with Crippen LogP contribution >= 0.6 is 0 Å². The summed E-state index contributed by atoms with van der Waals surface area (Å²) < 4.78 is 10.8. The van der Waals surface area contributed by atoms with Gasteiger partial charge < -0.3 is 14.3 Å². The van der Waals surface area contributed by atoms with Crippen molar-refractivity contribution in [2.75, 3.05) is 26.3 Å². The Kier molecular flexibility index (Phi) is 5.21. The van der Waals surface area contributed by atoms with Crippen LogP contribution in [0.3, 0.4) is 0 Å². The summed E-state index contributed by atoms with van der Waals surface area (Å²) in [4.78, 5) is 14.1. The van der Waals surface area contributed by atoms with Gasteiger partial charge in [-0.1, -0.05) is 25.5 Å². The highest BCUT2D eigenvalue weighted by molar-refractivity contribution is 5.31. The molecule has 33 heavy (non-hydrogen) atoms. The first kappa shape index (κ1) is 22.1. The molecule has 3 saturated carbocycles. The SMILES string of the molecule is C[C@]12CCC(N3CCOCC3)C=C1CC[C@@H]1[C@@H]2CC[C@]2(C)[C@@H](c3ccc(=O)oc3)CC[C@]12O. The molecule has 4 aliphatic carbocycles. The highest BCUT2D eigenvalue weighted by atomic mass is 16.5. The molecule has 1 aromatic rings. The fourth-order valence-corrected chi connectivity index (χ4v) is 8.98. The van der Waals surface area contributed by atoms with E-state index in [2.05, 4.69) is 24.8 Å². The number of fused-ring (bicyclic) bond motifs is 5. The van der Waals surface area contributed by atoms with Crippen molar-refractivity contribution in [3.63, 3.8) is 0 Å². The Morgan fingerprint density at radius 3 is 2.58 bits per heavy atom. The van der Waals surface area contributed by atoms with Crippen molar-refractivity contribution in [3.8, 4) is 0 Å². The lowest BCUT2D eigenvalue weighted by Crippen LogP contribution is -2.60. The van der Waals surface area contributed by atoms with E-state index in [0.29, 0.717) is 17.9 Å². The van der Waals surface area contributed by atoms with E-state index >= 15 is 0 Å². The van der Waals surface area contributed by atoms with Gasteiger partial charge in [0.05, 0.1) is 25.1 Å². The standard InChI is InChI=1S/C28H39NO4/c1-26-10-7-21(29-13-15-32-16-14-29)17-20(26)4-5-24-23(26)8-11-27(2)22(9-12-28(24,27)31)19-3-6-25(30)33-18-19/h3,6,17-18,21-24,31H,4-5,7-16H2,1-2H3/t21?,22-,23+,24-,26+,27-,28+/m1/s1. The van der Waals surface area contributed by atoms with Crippen molar-refractivity contribution in [3.05, 3.63) is 46.0 Å². The Balaban J connectivity index is 1.28. The van der Waals surface area contributed by atoms with E-state index in [1.807, 2.05) is 6.07 Å². The monoisotopic (exact) mass is 453 g/mol. The molecule has 1 N–H and O–H groups in total. The summed E-state index contributed by atoms with van der Waals surface area (Å²) in [5, 5.41) is 12.4. The van der Waals surface area contributed by atoms with Gasteiger partial charge in [-0.2, -0.15) is 0 Å². The van der Waals surface area contributed by atoms with E-state index in [-0.39, 0.29) is 22.4 Å². The quantitative estimate of drug-likeness (QED) is 0.668. The number of allylic oxidation sites excluding steroid dienone is 1. The fraction of sp³-hybridized carbons (Fsp3) is 0.750. The Morgan fingerprint density at radius 1 is 1.00 bits per heavy atom.